The molecule has 0 aromatic rings. The Morgan fingerprint density at radius 1 is 0.828 bits per heavy atom. The number of rotatable bonds is 11. The predicted molar refractivity (Wildman–Crippen MR) is 87.2 cm³/mol. The number of hydrogen-bond donors (Lipinski definition) is 4. The molecular weight excluding hydrogens is 414 g/mol. The molecule has 0 saturated heterocycles. The summed E-state index contributed by atoms with van der Waals surface area (Å²) < 4.78 is 72.1. The van der Waals surface area contributed by atoms with Crippen molar-refractivity contribution >= 4 is 23.5 Å². The number of halogens is 6. The molecule has 0 heterocycles. The van der Waals surface area contributed by atoms with Gasteiger partial charge in [0.15, 0.2) is 5.78 Å². The van der Waals surface area contributed by atoms with Crippen LogP contribution in [-0.2, 0) is 19.2 Å². The number of Topliss-reactive ketones (excluding diaryl/α,β-unsaturated/α-hetero) is 1. The SMILES string of the molecule is CC(=O)C(CCCNC(=O)C(F)(F)F)NC(=O)C(N)CCCNC(=O)C(F)(F)F. The molecular formula is C15H22F6N4O4. The van der Waals surface area contributed by atoms with Gasteiger partial charge in [0.25, 0.3) is 0 Å². The Bertz CT molecular complexity index is 594. The van der Waals surface area contributed by atoms with Gasteiger partial charge in [-0.25, -0.2) is 0 Å². The van der Waals surface area contributed by atoms with Crippen molar-refractivity contribution < 1.29 is 45.5 Å². The van der Waals surface area contributed by atoms with E-state index < -0.39 is 47.9 Å². The first kappa shape index (κ1) is 26.6. The fourth-order valence-corrected chi connectivity index (χ4v) is 2.02. The number of hydrogen-bond acceptors (Lipinski definition) is 5. The second-order valence-corrected chi connectivity index (χ2v) is 6.07. The summed E-state index contributed by atoms with van der Waals surface area (Å²) in [6.45, 7) is 0.398. The van der Waals surface area contributed by atoms with E-state index in [9.17, 15) is 45.5 Å². The number of nitrogens with one attached hydrogen (secondary N) is 3. The maximum Gasteiger partial charge on any atom is 0.471 e. The summed E-state index contributed by atoms with van der Waals surface area (Å²) in [7, 11) is 0. The Morgan fingerprint density at radius 2 is 1.24 bits per heavy atom. The summed E-state index contributed by atoms with van der Waals surface area (Å²) in [6.07, 6.45) is -10.3. The van der Waals surface area contributed by atoms with Crippen molar-refractivity contribution in [3.05, 3.63) is 0 Å². The molecule has 2 atom stereocenters. The van der Waals surface area contributed by atoms with Gasteiger partial charge in [0.05, 0.1) is 12.1 Å². The van der Waals surface area contributed by atoms with Crippen molar-refractivity contribution in [3.8, 4) is 0 Å². The van der Waals surface area contributed by atoms with Gasteiger partial charge < -0.3 is 21.7 Å². The molecule has 0 aromatic heterocycles. The van der Waals surface area contributed by atoms with E-state index in [4.69, 9.17) is 5.73 Å². The average Bonchev–Trinajstić information content (AvgIpc) is 2.58. The number of ketones is 1. The van der Waals surface area contributed by atoms with Gasteiger partial charge in [-0.2, -0.15) is 26.3 Å². The topological polar surface area (TPSA) is 130 Å². The summed E-state index contributed by atoms with van der Waals surface area (Å²) in [5, 5.41) is 5.52. The van der Waals surface area contributed by atoms with Crippen LogP contribution in [0.2, 0.25) is 0 Å². The van der Waals surface area contributed by atoms with E-state index in [1.807, 2.05) is 0 Å². The molecule has 168 valence electrons. The highest BCUT2D eigenvalue weighted by atomic mass is 19.4. The summed E-state index contributed by atoms with van der Waals surface area (Å²) >= 11 is 0. The quantitative estimate of drug-likeness (QED) is 0.274. The molecule has 14 heteroatoms. The van der Waals surface area contributed by atoms with Crippen LogP contribution >= 0.6 is 0 Å². The first-order valence-corrected chi connectivity index (χ1v) is 8.42. The lowest BCUT2D eigenvalue weighted by Crippen LogP contribution is -2.48. The molecule has 5 N–H and O–H groups in total. The van der Waals surface area contributed by atoms with Crippen LogP contribution in [0.5, 0.6) is 0 Å². The lowest BCUT2D eigenvalue weighted by molar-refractivity contribution is -0.173. The molecule has 0 rings (SSSR count). The fourth-order valence-electron chi connectivity index (χ4n) is 2.02. The normalized spacial score (nSPS) is 13.9. The van der Waals surface area contributed by atoms with Gasteiger partial charge in [0.2, 0.25) is 5.91 Å². The van der Waals surface area contributed by atoms with Crippen LogP contribution in [0.25, 0.3) is 0 Å². The number of carbonyl (C=O) groups is 4. The van der Waals surface area contributed by atoms with E-state index in [1.165, 1.54) is 0 Å². The van der Waals surface area contributed by atoms with Gasteiger partial charge in [-0.1, -0.05) is 0 Å². The number of carbonyl (C=O) groups excluding carboxylic acids is 4. The maximum atomic E-state index is 12.0. The zero-order valence-corrected chi connectivity index (χ0v) is 15.4. The minimum absolute atomic E-state index is 0.0366. The lowest BCUT2D eigenvalue weighted by Gasteiger charge is -2.19. The molecule has 0 saturated carbocycles. The number of nitrogens with two attached hydrogens (primary N) is 1. The van der Waals surface area contributed by atoms with Crippen LogP contribution in [-0.4, -0.2) is 61.0 Å². The highest BCUT2D eigenvalue weighted by Gasteiger charge is 2.38. The van der Waals surface area contributed by atoms with Gasteiger partial charge in [-0.05, 0) is 32.6 Å². The Morgan fingerprint density at radius 3 is 1.62 bits per heavy atom. The maximum absolute atomic E-state index is 12.0. The van der Waals surface area contributed by atoms with Crippen molar-refractivity contribution in [2.45, 2.75) is 57.0 Å². The Kier molecular flexibility index (Phi) is 10.6. The molecule has 0 aliphatic carbocycles. The van der Waals surface area contributed by atoms with Crippen LogP contribution in [0.1, 0.15) is 32.6 Å². The zero-order valence-electron chi connectivity index (χ0n) is 15.4. The standard InChI is InChI=1S/C15H22F6N4O4/c1-8(26)10(5-3-7-24-13(29)15(19,20)21)25-11(27)9(22)4-2-6-23-12(28)14(16,17)18/h9-10H,2-7,22H2,1H3,(H,23,28)(H,24,29)(H,25,27). The Labute approximate surface area is 161 Å². The first-order valence-electron chi connectivity index (χ1n) is 8.42. The molecule has 3 amide bonds. The second-order valence-electron chi connectivity index (χ2n) is 6.07. The van der Waals surface area contributed by atoms with Crippen molar-refractivity contribution in [2.24, 2.45) is 5.73 Å². The Hall–Kier alpha value is -2.38. The average molecular weight is 436 g/mol. The molecule has 0 aliphatic rings. The Balaban J connectivity index is 4.30. The summed E-state index contributed by atoms with van der Waals surface area (Å²) in [5.74, 6) is -5.53. The van der Waals surface area contributed by atoms with Gasteiger partial charge in [-0.3, -0.25) is 19.2 Å². The van der Waals surface area contributed by atoms with Gasteiger partial charge in [-0.15, -0.1) is 0 Å². The monoisotopic (exact) mass is 436 g/mol. The third-order valence-electron chi connectivity index (χ3n) is 3.59. The molecule has 2 unspecified atom stereocenters. The van der Waals surface area contributed by atoms with E-state index in [-0.39, 0.29) is 38.8 Å². The highest BCUT2D eigenvalue weighted by Crippen LogP contribution is 2.14. The molecule has 0 aliphatic heterocycles. The second kappa shape index (κ2) is 11.6. The largest absolute Gasteiger partial charge is 0.471 e. The summed E-state index contributed by atoms with van der Waals surface area (Å²) in [5.41, 5.74) is 5.57. The molecule has 29 heavy (non-hydrogen) atoms. The zero-order chi connectivity index (χ0) is 22.8. The molecule has 0 fully saturated rings. The van der Waals surface area contributed by atoms with E-state index in [2.05, 4.69) is 5.32 Å². The van der Waals surface area contributed by atoms with Crippen molar-refractivity contribution in [1.29, 1.82) is 0 Å². The predicted octanol–water partition coefficient (Wildman–Crippen LogP) is 0.305. The number of amides is 3. The van der Waals surface area contributed by atoms with Crippen LogP contribution < -0.4 is 21.7 Å². The van der Waals surface area contributed by atoms with Gasteiger partial charge >= 0.3 is 24.2 Å². The van der Waals surface area contributed by atoms with E-state index in [0.717, 1.165) is 6.92 Å². The number of alkyl halides is 6. The lowest BCUT2D eigenvalue weighted by atomic mass is 10.1. The minimum atomic E-state index is -5.03. The summed E-state index contributed by atoms with van der Waals surface area (Å²) in [6, 6.07) is -2.23. The molecule has 0 bridgehead atoms. The van der Waals surface area contributed by atoms with E-state index >= 15 is 0 Å². The van der Waals surface area contributed by atoms with Gasteiger partial charge in [0, 0.05) is 13.1 Å². The van der Waals surface area contributed by atoms with E-state index in [0.29, 0.717) is 0 Å². The van der Waals surface area contributed by atoms with Crippen LogP contribution in [0, 0.1) is 0 Å². The molecule has 8 nitrogen and oxygen atoms in total. The van der Waals surface area contributed by atoms with Gasteiger partial charge in [0.1, 0.15) is 0 Å². The smallest absolute Gasteiger partial charge is 0.348 e. The van der Waals surface area contributed by atoms with Crippen molar-refractivity contribution in [3.63, 3.8) is 0 Å². The third-order valence-corrected chi connectivity index (χ3v) is 3.59. The van der Waals surface area contributed by atoms with E-state index in [1.54, 1.807) is 10.6 Å². The fraction of sp³-hybridized carbons (Fsp3) is 0.733. The van der Waals surface area contributed by atoms with Crippen LogP contribution in [0.4, 0.5) is 26.3 Å². The van der Waals surface area contributed by atoms with Crippen LogP contribution in [0.15, 0.2) is 0 Å². The highest BCUT2D eigenvalue weighted by molar-refractivity contribution is 5.89. The summed E-state index contributed by atoms with van der Waals surface area (Å²) in [4.78, 5) is 44.8. The molecule has 0 radical (unpaired) electrons. The minimum Gasteiger partial charge on any atom is -0.348 e. The van der Waals surface area contributed by atoms with Crippen LogP contribution in [0.3, 0.4) is 0 Å². The molecule has 0 spiro atoms. The first-order chi connectivity index (χ1) is 13.2. The van der Waals surface area contributed by atoms with Crippen molar-refractivity contribution in [1.82, 2.24) is 16.0 Å². The third kappa shape index (κ3) is 11.3. The molecule has 0 aromatic carbocycles. The van der Waals surface area contributed by atoms with Crippen molar-refractivity contribution in [2.75, 3.05) is 13.1 Å².